The highest BCUT2D eigenvalue weighted by molar-refractivity contribution is 6.08. The van der Waals surface area contributed by atoms with E-state index in [1.807, 2.05) is 6.92 Å². The third-order valence-corrected chi connectivity index (χ3v) is 5.23. The van der Waals surface area contributed by atoms with Gasteiger partial charge in [-0.3, -0.25) is 9.59 Å². The van der Waals surface area contributed by atoms with Crippen LogP contribution in [-0.2, 0) is 4.79 Å². The third kappa shape index (κ3) is 3.79. The number of hydrogen-bond donors (Lipinski definition) is 2. The van der Waals surface area contributed by atoms with Crippen LogP contribution in [0.1, 0.15) is 51.2 Å². The number of aromatic carboxylic acids is 1. The molecule has 2 N–H and O–H groups in total. The number of Topliss-reactive ketones (excluding diaryl/α,β-unsaturated/α-hetero) is 1. The molecule has 0 bridgehead atoms. The largest absolute Gasteiger partial charge is 0.494 e. The number of aromatic nitrogens is 2. The highest BCUT2D eigenvalue weighted by Gasteiger charge is 2.36. The van der Waals surface area contributed by atoms with Gasteiger partial charge in [-0.15, -0.1) is 0 Å². The van der Waals surface area contributed by atoms with Crippen molar-refractivity contribution in [1.82, 2.24) is 9.78 Å². The Bertz CT molecular complexity index is 1160. The summed E-state index contributed by atoms with van der Waals surface area (Å²) in [4.78, 5) is 36.8. The molecule has 8 nitrogen and oxygen atoms in total. The molecule has 0 radical (unpaired) electrons. The molecule has 0 saturated carbocycles. The molecule has 8 heteroatoms. The van der Waals surface area contributed by atoms with Crippen LogP contribution in [-0.4, -0.2) is 39.2 Å². The number of benzene rings is 2. The van der Waals surface area contributed by atoms with Crippen LogP contribution in [0.5, 0.6) is 5.75 Å². The van der Waals surface area contributed by atoms with Gasteiger partial charge in [0, 0.05) is 17.5 Å². The first-order chi connectivity index (χ1) is 14.9. The highest BCUT2D eigenvalue weighted by Crippen LogP contribution is 2.38. The first kappa shape index (κ1) is 20.3. The van der Waals surface area contributed by atoms with Gasteiger partial charge < -0.3 is 15.2 Å². The lowest BCUT2D eigenvalue weighted by Gasteiger charge is -2.23. The molecular formula is C23H21N3O5. The summed E-state index contributed by atoms with van der Waals surface area (Å²) in [6.07, 6.45) is 0.0313. The Balaban J connectivity index is 1.72. The quantitative estimate of drug-likeness (QED) is 0.591. The number of aryl methyl sites for hydroxylation is 1. The number of hydrogen-bond acceptors (Lipinski definition) is 5. The van der Waals surface area contributed by atoms with Gasteiger partial charge in [-0.25, -0.2) is 9.48 Å². The van der Waals surface area contributed by atoms with Gasteiger partial charge in [0.25, 0.3) is 0 Å². The summed E-state index contributed by atoms with van der Waals surface area (Å²) in [7, 11) is 0. The Kier molecular flexibility index (Phi) is 5.29. The minimum absolute atomic E-state index is 0.0313. The summed E-state index contributed by atoms with van der Waals surface area (Å²) in [6.45, 7) is 4.21. The second kappa shape index (κ2) is 8.06. The molecule has 1 unspecified atom stereocenters. The van der Waals surface area contributed by atoms with E-state index < -0.39 is 11.9 Å². The molecule has 3 aromatic rings. The fourth-order valence-corrected chi connectivity index (χ4v) is 3.79. The Hall–Kier alpha value is -3.94. The number of rotatable bonds is 6. The SMILES string of the molecule is CCOc1ccc(C(=O)C2CC(=O)Nc3c2c(C)nn3-c2ccc(C(=O)O)cc2)cc1. The Morgan fingerprint density at radius 1 is 1.13 bits per heavy atom. The minimum atomic E-state index is -1.03. The molecule has 4 rings (SSSR count). The molecule has 2 aromatic carbocycles. The molecule has 0 aliphatic carbocycles. The van der Waals surface area contributed by atoms with Crippen LogP contribution in [0.3, 0.4) is 0 Å². The second-order valence-electron chi connectivity index (χ2n) is 7.24. The molecule has 0 saturated heterocycles. The van der Waals surface area contributed by atoms with E-state index in [0.29, 0.717) is 40.7 Å². The number of amides is 1. The number of ether oxygens (including phenoxy) is 1. The summed E-state index contributed by atoms with van der Waals surface area (Å²) < 4.78 is 6.96. The Morgan fingerprint density at radius 2 is 1.77 bits per heavy atom. The van der Waals surface area contributed by atoms with E-state index in [2.05, 4.69) is 10.4 Å². The van der Waals surface area contributed by atoms with Gasteiger partial charge in [-0.05, 0) is 62.4 Å². The van der Waals surface area contributed by atoms with Gasteiger partial charge in [0.1, 0.15) is 11.6 Å². The molecule has 1 aromatic heterocycles. The van der Waals surface area contributed by atoms with E-state index >= 15 is 0 Å². The van der Waals surface area contributed by atoms with E-state index in [9.17, 15) is 14.4 Å². The number of carbonyl (C=O) groups excluding carboxylic acids is 2. The first-order valence-corrected chi connectivity index (χ1v) is 9.89. The second-order valence-corrected chi connectivity index (χ2v) is 7.24. The zero-order chi connectivity index (χ0) is 22.1. The van der Waals surface area contributed by atoms with Crippen LogP contribution < -0.4 is 10.1 Å². The summed E-state index contributed by atoms with van der Waals surface area (Å²) in [5.74, 6) is -1.02. The molecule has 0 spiro atoms. The monoisotopic (exact) mass is 419 g/mol. The number of carbonyl (C=O) groups is 3. The number of ketones is 1. The van der Waals surface area contributed by atoms with Crippen molar-refractivity contribution in [2.75, 3.05) is 11.9 Å². The van der Waals surface area contributed by atoms with Crippen molar-refractivity contribution < 1.29 is 24.2 Å². The molecule has 2 heterocycles. The minimum Gasteiger partial charge on any atom is -0.494 e. The Morgan fingerprint density at radius 3 is 2.39 bits per heavy atom. The zero-order valence-electron chi connectivity index (χ0n) is 17.1. The predicted octanol–water partition coefficient (Wildman–Crippen LogP) is 3.59. The van der Waals surface area contributed by atoms with Crippen molar-refractivity contribution in [1.29, 1.82) is 0 Å². The first-order valence-electron chi connectivity index (χ1n) is 9.89. The van der Waals surface area contributed by atoms with E-state index in [1.54, 1.807) is 43.3 Å². The highest BCUT2D eigenvalue weighted by atomic mass is 16.5. The van der Waals surface area contributed by atoms with Crippen LogP contribution in [0.2, 0.25) is 0 Å². The molecule has 158 valence electrons. The van der Waals surface area contributed by atoms with Gasteiger partial charge in [-0.1, -0.05) is 0 Å². The lowest BCUT2D eigenvalue weighted by Crippen LogP contribution is -2.28. The van der Waals surface area contributed by atoms with Crippen molar-refractivity contribution >= 4 is 23.5 Å². The van der Waals surface area contributed by atoms with Crippen LogP contribution in [0.25, 0.3) is 5.69 Å². The number of nitrogens with one attached hydrogen (secondary N) is 1. The number of carboxylic acids is 1. The topological polar surface area (TPSA) is 111 Å². The van der Waals surface area contributed by atoms with E-state index in [4.69, 9.17) is 9.84 Å². The lowest BCUT2D eigenvalue weighted by molar-refractivity contribution is -0.116. The summed E-state index contributed by atoms with van der Waals surface area (Å²) in [5.41, 5.74) is 2.52. The zero-order valence-corrected chi connectivity index (χ0v) is 17.1. The van der Waals surface area contributed by atoms with Crippen LogP contribution in [0, 0.1) is 6.92 Å². The van der Waals surface area contributed by atoms with E-state index in [0.717, 1.165) is 0 Å². The lowest BCUT2D eigenvalue weighted by atomic mass is 9.85. The maximum Gasteiger partial charge on any atom is 0.335 e. The Labute approximate surface area is 178 Å². The van der Waals surface area contributed by atoms with Crippen LogP contribution in [0.4, 0.5) is 5.82 Å². The number of nitrogens with zero attached hydrogens (tertiary/aromatic N) is 2. The summed E-state index contributed by atoms with van der Waals surface area (Å²) in [6, 6.07) is 13.0. The fourth-order valence-electron chi connectivity index (χ4n) is 3.79. The average molecular weight is 419 g/mol. The number of fused-ring (bicyclic) bond motifs is 1. The molecule has 31 heavy (non-hydrogen) atoms. The molecule has 1 amide bonds. The smallest absolute Gasteiger partial charge is 0.335 e. The molecule has 1 aliphatic heterocycles. The predicted molar refractivity (Wildman–Crippen MR) is 113 cm³/mol. The van der Waals surface area contributed by atoms with Crippen LogP contribution >= 0.6 is 0 Å². The van der Waals surface area contributed by atoms with E-state index in [1.165, 1.54) is 16.8 Å². The molecule has 1 aliphatic rings. The van der Waals surface area contributed by atoms with Crippen LogP contribution in [0.15, 0.2) is 48.5 Å². The van der Waals surface area contributed by atoms with E-state index in [-0.39, 0.29) is 23.7 Å². The van der Waals surface area contributed by atoms with Gasteiger partial charge in [-0.2, -0.15) is 5.10 Å². The molecule has 1 atom stereocenters. The van der Waals surface area contributed by atoms with Crippen molar-refractivity contribution in [3.05, 3.63) is 70.9 Å². The van der Waals surface area contributed by atoms with Crippen molar-refractivity contribution in [3.63, 3.8) is 0 Å². The van der Waals surface area contributed by atoms with Gasteiger partial charge in [0.05, 0.1) is 29.5 Å². The fraction of sp³-hybridized carbons (Fsp3) is 0.217. The molecular weight excluding hydrogens is 398 g/mol. The third-order valence-electron chi connectivity index (χ3n) is 5.23. The number of carboxylic acid groups (broad SMARTS) is 1. The van der Waals surface area contributed by atoms with Gasteiger partial charge in [0.15, 0.2) is 5.78 Å². The van der Waals surface area contributed by atoms with Crippen molar-refractivity contribution in [3.8, 4) is 11.4 Å². The maximum atomic E-state index is 13.3. The number of anilines is 1. The standard InChI is InChI=1S/C23H21N3O5/c1-3-31-17-10-6-14(7-11-17)21(28)18-12-19(27)24-22-20(18)13(2)25-26(22)16-8-4-15(5-9-16)23(29)30/h4-11,18H,3,12H2,1-2H3,(H,24,27)(H,29,30). The summed E-state index contributed by atoms with van der Waals surface area (Å²) in [5, 5.41) is 16.4. The molecule has 0 fully saturated rings. The normalized spacial score (nSPS) is 15.2. The van der Waals surface area contributed by atoms with Crippen molar-refractivity contribution in [2.45, 2.75) is 26.2 Å². The van der Waals surface area contributed by atoms with Gasteiger partial charge >= 0.3 is 5.97 Å². The average Bonchev–Trinajstić information content (AvgIpc) is 3.09. The van der Waals surface area contributed by atoms with Crippen molar-refractivity contribution in [2.24, 2.45) is 0 Å². The maximum absolute atomic E-state index is 13.3. The summed E-state index contributed by atoms with van der Waals surface area (Å²) >= 11 is 0. The van der Waals surface area contributed by atoms with Gasteiger partial charge in [0.2, 0.25) is 5.91 Å².